The molecular formula is C20H21ClNO5-. The number of nitrogens with one attached hydrogen (secondary N) is 1. The summed E-state index contributed by atoms with van der Waals surface area (Å²) in [5.74, 6) is -0.702. The van der Waals surface area contributed by atoms with Crippen LogP contribution in [0.5, 0.6) is 11.5 Å². The second kappa shape index (κ2) is 9.83. The van der Waals surface area contributed by atoms with Gasteiger partial charge in [0.25, 0.3) is 5.91 Å². The van der Waals surface area contributed by atoms with Crippen LogP contribution in [-0.2, 0) is 4.79 Å². The molecule has 0 bridgehead atoms. The first-order chi connectivity index (χ1) is 12.9. The number of carboxylic acid groups (broad SMARTS) is 1. The SMILES string of the molecule is CCOc1ccc(C(=O)N[C@@H](CC(=O)[O-])c2ccc(Cl)cc2)cc1OCC. The van der Waals surface area contributed by atoms with Crippen molar-refractivity contribution < 1.29 is 24.2 Å². The molecule has 0 fully saturated rings. The van der Waals surface area contributed by atoms with E-state index in [0.29, 0.717) is 40.9 Å². The first-order valence-electron chi connectivity index (χ1n) is 8.60. The maximum Gasteiger partial charge on any atom is 0.251 e. The Labute approximate surface area is 163 Å². The third kappa shape index (κ3) is 5.89. The minimum atomic E-state index is -1.27. The summed E-state index contributed by atoms with van der Waals surface area (Å²) in [5, 5.41) is 14.3. The van der Waals surface area contributed by atoms with Crippen LogP contribution in [0.3, 0.4) is 0 Å². The number of benzene rings is 2. The predicted molar refractivity (Wildman–Crippen MR) is 100 cm³/mol. The largest absolute Gasteiger partial charge is 0.550 e. The average molecular weight is 391 g/mol. The first-order valence-corrected chi connectivity index (χ1v) is 8.98. The van der Waals surface area contributed by atoms with E-state index in [2.05, 4.69) is 5.32 Å². The zero-order valence-corrected chi connectivity index (χ0v) is 15.9. The Kier molecular flexibility index (Phi) is 7.49. The molecule has 7 heteroatoms. The van der Waals surface area contributed by atoms with E-state index >= 15 is 0 Å². The monoisotopic (exact) mass is 390 g/mol. The van der Waals surface area contributed by atoms with Gasteiger partial charge in [-0.05, 0) is 49.7 Å². The number of halogens is 1. The van der Waals surface area contributed by atoms with Crippen molar-refractivity contribution in [3.63, 3.8) is 0 Å². The molecule has 0 saturated heterocycles. The quantitative estimate of drug-likeness (QED) is 0.711. The van der Waals surface area contributed by atoms with Crippen molar-refractivity contribution in [2.24, 2.45) is 0 Å². The van der Waals surface area contributed by atoms with E-state index in [4.69, 9.17) is 21.1 Å². The second-order valence-electron chi connectivity index (χ2n) is 5.68. The number of carboxylic acids is 1. The van der Waals surface area contributed by atoms with E-state index < -0.39 is 17.9 Å². The molecule has 6 nitrogen and oxygen atoms in total. The molecule has 0 unspecified atom stereocenters. The van der Waals surface area contributed by atoms with Crippen molar-refractivity contribution in [2.45, 2.75) is 26.3 Å². The van der Waals surface area contributed by atoms with Gasteiger partial charge in [-0.2, -0.15) is 0 Å². The second-order valence-corrected chi connectivity index (χ2v) is 6.12. The fourth-order valence-electron chi connectivity index (χ4n) is 2.55. The van der Waals surface area contributed by atoms with E-state index in [0.717, 1.165) is 0 Å². The minimum absolute atomic E-state index is 0.333. The predicted octanol–water partition coefficient (Wildman–Crippen LogP) is 2.75. The van der Waals surface area contributed by atoms with Gasteiger partial charge in [0.15, 0.2) is 11.5 Å². The zero-order valence-electron chi connectivity index (χ0n) is 15.2. The van der Waals surface area contributed by atoms with Crippen LogP contribution in [0.4, 0.5) is 0 Å². The Morgan fingerprint density at radius 3 is 2.26 bits per heavy atom. The highest BCUT2D eigenvalue weighted by Crippen LogP contribution is 2.29. The molecule has 2 aromatic rings. The van der Waals surface area contributed by atoms with Crippen molar-refractivity contribution in [3.05, 3.63) is 58.6 Å². The molecule has 0 saturated carbocycles. The third-order valence-electron chi connectivity index (χ3n) is 3.75. The number of hydrogen-bond acceptors (Lipinski definition) is 5. The summed E-state index contributed by atoms with van der Waals surface area (Å²) in [6, 6.07) is 10.7. The highest BCUT2D eigenvalue weighted by atomic mass is 35.5. The minimum Gasteiger partial charge on any atom is -0.550 e. The van der Waals surface area contributed by atoms with Crippen molar-refractivity contribution in [3.8, 4) is 11.5 Å². The molecule has 0 aliphatic rings. The van der Waals surface area contributed by atoms with Crippen molar-refractivity contribution in [1.29, 1.82) is 0 Å². The lowest BCUT2D eigenvalue weighted by Gasteiger charge is -2.20. The van der Waals surface area contributed by atoms with Crippen molar-refractivity contribution in [1.82, 2.24) is 5.32 Å². The fraction of sp³-hybridized carbons (Fsp3) is 0.300. The van der Waals surface area contributed by atoms with Crippen LogP contribution in [0.25, 0.3) is 0 Å². The van der Waals surface area contributed by atoms with Crippen LogP contribution in [-0.4, -0.2) is 25.1 Å². The lowest BCUT2D eigenvalue weighted by molar-refractivity contribution is -0.306. The van der Waals surface area contributed by atoms with Gasteiger partial charge in [0.2, 0.25) is 0 Å². The fourth-order valence-corrected chi connectivity index (χ4v) is 2.67. The van der Waals surface area contributed by atoms with E-state index in [1.54, 1.807) is 42.5 Å². The number of rotatable bonds is 9. The van der Waals surface area contributed by atoms with Crippen LogP contribution in [0.1, 0.15) is 42.2 Å². The van der Waals surface area contributed by atoms with Gasteiger partial charge in [-0.25, -0.2) is 0 Å². The van der Waals surface area contributed by atoms with E-state index in [9.17, 15) is 14.7 Å². The number of carbonyl (C=O) groups is 2. The summed E-state index contributed by atoms with van der Waals surface area (Å²) in [6.45, 7) is 4.57. The Balaban J connectivity index is 2.24. The smallest absolute Gasteiger partial charge is 0.251 e. The van der Waals surface area contributed by atoms with Gasteiger partial charge < -0.3 is 24.7 Å². The van der Waals surface area contributed by atoms with Crippen LogP contribution in [0.2, 0.25) is 5.02 Å². The van der Waals surface area contributed by atoms with Gasteiger partial charge in [0.1, 0.15) is 0 Å². The summed E-state index contributed by atoms with van der Waals surface area (Å²) in [4.78, 5) is 23.8. The molecule has 1 N–H and O–H groups in total. The van der Waals surface area contributed by atoms with Crippen LogP contribution < -0.4 is 19.9 Å². The van der Waals surface area contributed by atoms with Crippen molar-refractivity contribution in [2.75, 3.05) is 13.2 Å². The molecule has 0 aliphatic carbocycles. The average Bonchev–Trinajstić information content (AvgIpc) is 2.63. The highest BCUT2D eigenvalue weighted by Gasteiger charge is 2.18. The summed E-state index contributed by atoms with van der Waals surface area (Å²) in [5.41, 5.74) is 0.951. The van der Waals surface area contributed by atoms with E-state index in [1.165, 1.54) is 0 Å². The molecule has 0 spiro atoms. The summed E-state index contributed by atoms with van der Waals surface area (Å²) in [6.07, 6.45) is -0.358. The third-order valence-corrected chi connectivity index (χ3v) is 4.01. The van der Waals surface area contributed by atoms with E-state index in [1.807, 2.05) is 13.8 Å². The number of aliphatic carboxylic acids is 1. The summed E-state index contributed by atoms with van der Waals surface area (Å²) >= 11 is 5.87. The number of hydrogen-bond donors (Lipinski definition) is 1. The van der Waals surface area contributed by atoms with E-state index in [-0.39, 0.29) is 6.42 Å². The highest BCUT2D eigenvalue weighted by molar-refractivity contribution is 6.30. The number of ether oxygens (including phenoxy) is 2. The summed E-state index contributed by atoms with van der Waals surface area (Å²) in [7, 11) is 0. The van der Waals surface area contributed by atoms with Crippen LogP contribution >= 0.6 is 11.6 Å². The van der Waals surface area contributed by atoms with Gasteiger partial charge in [-0.15, -0.1) is 0 Å². The van der Waals surface area contributed by atoms with Gasteiger partial charge in [-0.1, -0.05) is 23.7 Å². The molecule has 1 atom stereocenters. The molecule has 144 valence electrons. The van der Waals surface area contributed by atoms with Crippen LogP contribution in [0.15, 0.2) is 42.5 Å². The normalized spacial score (nSPS) is 11.5. The maximum absolute atomic E-state index is 12.7. The lowest BCUT2D eigenvalue weighted by Crippen LogP contribution is -2.34. The Bertz CT molecular complexity index is 791. The lowest BCUT2D eigenvalue weighted by atomic mass is 10.0. The maximum atomic E-state index is 12.7. The van der Waals surface area contributed by atoms with Gasteiger partial charge in [0.05, 0.1) is 19.3 Å². The molecule has 2 aromatic carbocycles. The standard InChI is InChI=1S/C20H22ClNO5/c1-3-26-17-10-7-14(11-18(17)27-4-2)20(25)22-16(12-19(23)24)13-5-8-15(21)9-6-13/h5-11,16H,3-4,12H2,1-2H3,(H,22,25)(H,23,24)/p-1/t16-/m0/s1. The molecule has 27 heavy (non-hydrogen) atoms. The number of amides is 1. The first kappa shape index (κ1) is 20.6. The molecule has 0 radical (unpaired) electrons. The van der Waals surface area contributed by atoms with Crippen molar-refractivity contribution >= 4 is 23.5 Å². The summed E-state index contributed by atoms with van der Waals surface area (Å²) < 4.78 is 11.0. The topological polar surface area (TPSA) is 87.7 Å². The molecule has 1 amide bonds. The Morgan fingerprint density at radius 2 is 1.67 bits per heavy atom. The molecule has 0 aliphatic heterocycles. The Morgan fingerprint density at radius 1 is 1.04 bits per heavy atom. The number of carbonyl (C=O) groups excluding carboxylic acids is 2. The molecular weight excluding hydrogens is 370 g/mol. The van der Waals surface area contributed by atoms with Gasteiger partial charge in [0, 0.05) is 23.0 Å². The van der Waals surface area contributed by atoms with Gasteiger partial charge in [-0.3, -0.25) is 4.79 Å². The van der Waals surface area contributed by atoms with Gasteiger partial charge >= 0.3 is 0 Å². The molecule has 0 heterocycles. The molecule has 2 rings (SSSR count). The zero-order chi connectivity index (χ0) is 19.8. The van der Waals surface area contributed by atoms with Crippen LogP contribution in [0, 0.1) is 0 Å². The molecule has 0 aromatic heterocycles. The Hall–Kier alpha value is -2.73.